The maximum absolute atomic E-state index is 7.16. The van der Waals surface area contributed by atoms with Gasteiger partial charge in [0, 0.05) is 77.8 Å². The van der Waals surface area contributed by atoms with E-state index in [-0.39, 0.29) is 6.71 Å². The number of fused-ring (bicyclic) bond motifs is 14. The molecule has 16 rings (SSSR count). The van der Waals surface area contributed by atoms with Crippen LogP contribution in [0.3, 0.4) is 0 Å². The van der Waals surface area contributed by atoms with Crippen molar-refractivity contribution in [1.82, 2.24) is 0 Å². The highest BCUT2D eigenvalue weighted by molar-refractivity contribution is 6.99. The number of nitrogens with zero attached hydrogens (tertiary/aromatic N) is 3. The quantitative estimate of drug-likeness (QED) is 0.148. The van der Waals surface area contributed by atoms with Crippen molar-refractivity contribution < 1.29 is 13.6 Å². The molecule has 0 unspecified atom stereocenters. The summed E-state index contributed by atoms with van der Waals surface area (Å²) >= 11 is 0. The van der Waals surface area contributed by atoms with Crippen LogP contribution in [-0.4, -0.2) is 6.71 Å². The second kappa shape index (κ2) is 17.0. The lowest BCUT2D eigenvalue weighted by atomic mass is 9.34. The van der Waals surface area contributed by atoms with E-state index in [9.17, 15) is 0 Å². The molecule has 78 heavy (non-hydrogen) atoms. The van der Waals surface area contributed by atoms with E-state index < -0.39 is 0 Å². The molecule has 2 aliphatic heterocycles. The highest BCUT2D eigenvalue weighted by Crippen LogP contribution is 2.48. The number of hydrogen-bond donors (Lipinski definition) is 0. The molecular formula is C71H48BN3O3. The van der Waals surface area contributed by atoms with Gasteiger partial charge in [-0.3, -0.25) is 0 Å². The van der Waals surface area contributed by atoms with E-state index in [0.29, 0.717) is 0 Å². The first kappa shape index (κ1) is 44.3. The molecule has 6 nitrogen and oxygen atoms in total. The van der Waals surface area contributed by atoms with Gasteiger partial charge in [0.05, 0.1) is 5.69 Å². The third-order valence-corrected chi connectivity index (χ3v) is 16.2. The molecule has 368 valence electrons. The van der Waals surface area contributed by atoms with Gasteiger partial charge < -0.3 is 28.3 Å². The maximum atomic E-state index is 7.16. The summed E-state index contributed by atoms with van der Waals surface area (Å²) in [5, 5.41) is 8.55. The van der Waals surface area contributed by atoms with Gasteiger partial charge in [-0.2, -0.15) is 0 Å². The predicted molar refractivity (Wildman–Crippen MR) is 325 cm³/mol. The van der Waals surface area contributed by atoms with Crippen LogP contribution < -0.4 is 35.8 Å². The number of anilines is 9. The number of benzene rings is 12. The van der Waals surface area contributed by atoms with Gasteiger partial charge >= 0.3 is 0 Å². The van der Waals surface area contributed by atoms with E-state index in [0.717, 1.165) is 139 Å². The van der Waals surface area contributed by atoms with Crippen LogP contribution in [0, 0.1) is 20.8 Å². The molecule has 14 aromatic rings. The van der Waals surface area contributed by atoms with Crippen LogP contribution >= 0.6 is 0 Å². The Bertz CT molecular complexity index is 4660. The molecule has 4 heterocycles. The van der Waals surface area contributed by atoms with E-state index in [1.54, 1.807) is 0 Å². The highest BCUT2D eigenvalue weighted by Gasteiger charge is 2.43. The van der Waals surface area contributed by atoms with Gasteiger partial charge in [0.25, 0.3) is 6.71 Å². The lowest BCUT2D eigenvalue weighted by molar-refractivity contribution is 0.488. The van der Waals surface area contributed by atoms with Gasteiger partial charge in [0.15, 0.2) is 0 Å². The van der Waals surface area contributed by atoms with Crippen molar-refractivity contribution in [3.63, 3.8) is 0 Å². The molecule has 0 saturated carbocycles. The van der Waals surface area contributed by atoms with Gasteiger partial charge in [0.2, 0.25) is 0 Å². The molecule has 0 atom stereocenters. The van der Waals surface area contributed by atoms with Crippen LogP contribution in [0.5, 0.6) is 11.5 Å². The molecule has 12 aromatic carbocycles. The third kappa shape index (κ3) is 6.71. The third-order valence-electron chi connectivity index (χ3n) is 16.2. The Morgan fingerprint density at radius 3 is 1.35 bits per heavy atom. The zero-order valence-electron chi connectivity index (χ0n) is 43.2. The summed E-state index contributed by atoms with van der Waals surface area (Å²) in [7, 11) is 0. The van der Waals surface area contributed by atoms with Crippen molar-refractivity contribution in [2.75, 3.05) is 14.7 Å². The van der Waals surface area contributed by atoms with E-state index >= 15 is 0 Å². The molecule has 0 radical (unpaired) electrons. The van der Waals surface area contributed by atoms with Crippen LogP contribution in [0.1, 0.15) is 16.7 Å². The largest absolute Gasteiger partial charge is 0.458 e. The average Bonchev–Trinajstić information content (AvgIpc) is 3.69. The summed E-state index contributed by atoms with van der Waals surface area (Å²) in [6.07, 6.45) is 0. The SMILES string of the molecule is Cc1cc(C)c(N2c3cc4c(cc3B3c5cc6oc7c8ccc(N(c9ccccc9)c9ccccc9)cc8ccc7c6cc5Oc5cccc2c53)oc2c3ccc(N(c5ccccc5)c5ccccc5)cc3ccc42)c(C)c1. The Balaban J connectivity index is 0.875. The monoisotopic (exact) mass is 1000 g/mol. The molecule has 0 bridgehead atoms. The number of ether oxygens (including phenoxy) is 1. The molecule has 2 aliphatic rings. The summed E-state index contributed by atoms with van der Waals surface area (Å²) in [5.41, 5.74) is 20.3. The zero-order valence-corrected chi connectivity index (χ0v) is 43.2. The van der Waals surface area contributed by atoms with Gasteiger partial charge in [-0.05, 0) is 193 Å². The fourth-order valence-corrected chi connectivity index (χ4v) is 13.0. The molecular weight excluding hydrogens is 954 g/mol. The summed E-state index contributed by atoms with van der Waals surface area (Å²) in [4.78, 5) is 7.09. The van der Waals surface area contributed by atoms with Crippen molar-refractivity contribution in [1.29, 1.82) is 0 Å². The fraction of sp³-hybridized carbons (Fsp3) is 0.0423. The Kier molecular flexibility index (Phi) is 9.67. The first-order valence-electron chi connectivity index (χ1n) is 26.8. The standard InChI is InChI=1S/C71H48BN3O3/c1-43-35-44(2)69(45(3)36-43)75-62-25-16-26-64-68(62)72(60-41-65-58(39-63(60)75)56-31-27-46-37-52(29-33-54(46)70(56)77-65)73(48-17-8-4-9-18-48)49-19-10-5-11-20-49)61-42-66-59(40-67(61)76-64)57-32-28-47-38-53(30-34-55(47)71(57)78-66)74(50-21-12-6-13-22-50)51-23-14-7-15-24-51/h4-42H,1-3H3. The number of rotatable bonds is 7. The summed E-state index contributed by atoms with van der Waals surface area (Å²) < 4.78 is 21.3. The van der Waals surface area contributed by atoms with Gasteiger partial charge in [-0.1, -0.05) is 109 Å². The molecule has 0 saturated heterocycles. The number of para-hydroxylation sites is 4. The Labute approximate surface area is 451 Å². The van der Waals surface area contributed by atoms with Crippen LogP contribution in [-0.2, 0) is 0 Å². The maximum Gasteiger partial charge on any atom is 0.256 e. The Morgan fingerprint density at radius 1 is 0.359 bits per heavy atom. The second-order valence-corrected chi connectivity index (χ2v) is 21.0. The number of hydrogen-bond acceptors (Lipinski definition) is 6. The van der Waals surface area contributed by atoms with Crippen molar-refractivity contribution in [3.8, 4) is 11.5 Å². The van der Waals surface area contributed by atoms with Crippen LogP contribution in [0.25, 0.3) is 65.4 Å². The topological polar surface area (TPSA) is 45.2 Å². The van der Waals surface area contributed by atoms with Crippen LogP contribution in [0.4, 0.5) is 51.2 Å². The minimum atomic E-state index is -0.185. The van der Waals surface area contributed by atoms with Crippen LogP contribution in [0.2, 0.25) is 0 Å². The lowest BCUT2D eigenvalue weighted by Gasteiger charge is -2.41. The summed E-state index contributed by atoms with van der Waals surface area (Å²) in [5.74, 6) is 1.67. The molecule has 0 N–H and O–H groups in total. The first-order valence-corrected chi connectivity index (χ1v) is 26.8. The Morgan fingerprint density at radius 2 is 0.833 bits per heavy atom. The second-order valence-electron chi connectivity index (χ2n) is 21.0. The molecule has 2 aromatic heterocycles. The van der Waals surface area contributed by atoms with Crippen molar-refractivity contribution >= 4 is 140 Å². The van der Waals surface area contributed by atoms with E-state index in [4.69, 9.17) is 13.6 Å². The lowest BCUT2D eigenvalue weighted by Crippen LogP contribution is -2.59. The van der Waals surface area contributed by atoms with Crippen molar-refractivity contribution in [2.45, 2.75) is 20.8 Å². The smallest absolute Gasteiger partial charge is 0.256 e. The van der Waals surface area contributed by atoms with Crippen LogP contribution in [0.15, 0.2) is 245 Å². The molecule has 0 aliphatic carbocycles. The molecule has 7 heteroatoms. The molecule has 0 amide bonds. The van der Waals surface area contributed by atoms with Gasteiger partial charge in [-0.25, -0.2) is 0 Å². The van der Waals surface area contributed by atoms with E-state index in [1.807, 2.05) is 0 Å². The van der Waals surface area contributed by atoms with Gasteiger partial charge in [0.1, 0.15) is 33.8 Å². The van der Waals surface area contributed by atoms with E-state index in [1.165, 1.54) is 22.4 Å². The van der Waals surface area contributed by atoms with E-state index in [2.05, 4.69) is 272 Å². The zero-order chi connectivity index (χ0) is 51.8. The number of furan rings is 2. The minimum absolute atomic E-state index is 0.185. The molecule has 0 fully saturated rings. The predicted octanol–water partition coefficient (Wildman–Crippen LogP) is 18.1. The Hall–Kier alpha value is -9.98. The fourth-order valence-electron chi connectivity index (χ4n) is 13.0. The summed E-state index contributed by atoms with van der Waals surface area (Å²) in [6.45, 7) is 6.46. The minimum Gasteiger partial charge on any atom is -0.458 e. The number of aryl methyl sites for hydroxylation is 3. The van der Waals surface area contributed by atoms with Crippen molar-refractivity contribution in [3.05, 3.63) is 253 Å². The first-order chi connectivity index (χ1) is 38.4. The van der Waals surface area contributed by atoms with Crippen molar-refractivity contribution in [2.24, 2.45) is 0 Å². The normalized spacial score (nSPS) is 12.6. The van der Waals surface area contributed by atoms with Gasteiger partial charge in [-0.15, -0.1) is 0 Å². The summed E-state index contributed by atoms with van der Waals surface area (Å²) in [6, 6.07) is 84.7. The average molecular weight is 1000 g/mol. The molecule has 0 spiro atoms. The highest BCUT2D eigenvalue weighted by atomic mass is 16.5.